The zero-order valence-corrected chi connectivity index (χ0v) is 13.2. The standard InChI is InChI=1S/C20H23NO/c1-16(22)18-11-13-21(14-12-18)15-17-7-9-20(10-8-17)19-5-3-2-4-6-19/h2-10,18H,11-15H2,1H3. The van der Waals surface area contributed by atoms with Gasteiger partial charge in [-0.1, -0.05) is 54.6 Å². The maximum absolute atomic E-state index is 11.4. The molecule has 0 bridgehead atoms. The van der Waals surface area contributed by atoms with Gasteiger partial charge in [0.2, 0.25) is 0 Å². The Kier molecular flexibility index (Phi) is 4.69. The number of ketones is 1. The van der Waals surface area contributed by atoms with Crippen molar-refractivity contribution in [3.63, 3.8) is 0 Å². The third-order valence-electron chi connectivity index (χ3n) is 4.63. The van der Waals surface area contributed by atoms with Crippen LogP contribution in [0.15, 0.2) is 54.6 Å². The van der Waals surface area contributed by atoms with Crippen LogP contribution in [0.3, 0.4) is 0 Å². The number of carbonyl (C=O) groups excluding carboxylic acids is 1. The van der Waals surface area contributed by atoms with Crippen molar-refractivity contribution in [2.45, 2.75) is 26.3 Å². The van der Waals surface area contributed by atoms with Gasteiger partial charge in [0.25, 0.3) is 0 Å². The van der Waals surface area contributed by atoms with Crippen LogP contribution in [0.4, 0.5) is 0 Å². The normalized spacial score (nSPS) is 16.6. The molecular weight excluding hydrogens is 270 g/mol. The van der Waals surface area contributed by atoms with Crippen LogP contribution >= 0.6 is 0 Å². The van der Waals surface area contributed by atoms with Crippen LogP contribution in [0, 0.1) is 5.92 Å². The molecule has 1 aliphatic rings. The van der Waals surface area contributed by atoms with Gasteiger partial charge in [-0.25, -0.2) is 0 Å². The van der Waals surface area contributed by atoms with Crippen molar-refractivity contribution < 1.29 is 4.79 Å². The Bertz CT molecular complexity index is 610. The van der Waals surface area contributed by atoms with Gasteiger partial charge in [-0.3, -0.25) is 9.69 Å². The van der Waals surface area contributed by atoms with Gasteiger partial charge in [0.15, 0.2) is 0 Å². The van der Waals surface area contributed by atoms with Gasteiger partial charge in [0.05, 0.1) is 0 Å². The highest BCUT2D eigenvalue weighted by molar-refractivity contribution is 5.78. The number of Topliss-reactive ketones (excluding diaryl/α,β-unsaturated/α-hetero) is 1. The zero-order chi connectivity index (χ0) is 15.4. The molecule has 1 fully saturated rings. The van der Waals surface area contributed by atoms with Crippen molar-refractivity contribution in [2.24, 2.45) is 5.92 Å². The topological polar surface area (TPSA) is 20.3 Å². The fourth-order valence-corrected chi connectivity index (χ4v) is 3.19. The van der Waals surface area contributed by atoms with E-state index in [-0.39, 0.29) is 5.92 Å². The van der Waals surface area contributed by atoms with Gasteiger partial charge in [0.1, 0.15) is 5.78 Å². The molecule has 2 nitrogen and oxygen atoms in total. The van der Waals surface area contributed by atoms with E-state index in [4.69, 9.17) is 0 Å². The Balaban J connectivity index is 1.59. The van der Waals surface area contributed by atoms with E-state index in [1.54, 1.807) is 6.92 Å². The first kappa shape index (κ1) is 15.0. The summed E-state index contributed by atoms with van der Waals surface area (Å²) >= 11 is 0. The molecule has 0 aliphatic carbocycles. The molecule has 0 aromatic heterocycles. The summed E-state index contributed by atoms with van der Waals surface area (Å²) in [5, 5.41) is 0. The van der Waals surface area contributed by atoms with Gasteiger partial charge >= 0.3 is 0 Å². The van der Waals surface area contributed by atoms with E-state index in [0.717, 1.165) is 32.5 Å². The van der Waals surface area contributed by atoms with Crippen LogP contribution in [0.1, 0.15) is 25.3 Å². The second-order valence-electron chi connectivity index (χ2n) is 6.22. The lowest BCUT2D eigenvalue weighted by Gasteiger charge is -2.30. The molecule has 1 aliphatic heterocycles. The molecule has 0 amide bonds. The monoisotopic (exact) mass is 293 g/mol. The van der Waals surface area contributed by atoms with E-state index in [1.165, 1.54) is 16.7 Å². The molecule has 1 saturated heterocycles. The van der Waals surface area contributed by atoms with Crippen LogP contribution in [0.2, 0.25) is 0 Å². The Morgan fingerprint density at radius 3 is 2.14 bits per heavy atom. The van der Waals surface area contributed by atoms with E-state index in [0.29, 0.717) is 5.78 Å². The van der Waals surface area contributed by atoms with Crippen LogP contribution in [-0.2, 0) is 11.3 Å². The largest absolute Gasteiger partial charge is 0.300 e. The molecule has 0 unspecified atom stereocenters. The molecule has 0 saturated carbocycles. The molecule has 2 heteroatoms. The van der Waals surface area contributed by atoms with Crippen LogP contribution in [-0.4, -0.2) is 23.8 Å². The van der Waals surface area contributed by atoms with Crippen LogP contribution in [0.25, 0.3) is 11.1 Å². The van der Waals surface area contributed by atoms with E-state index in [2.05, 4.69) is 53.4 Å². The van der Waals surface area contributed by atoms with Gasteiger partial charge < -0.3 is 0 Å². The van der Waals surface area contributed by atoms with Crippen molar-refractivity contribution >= 4 is 5.78 Å². The summed E-state index contributed by atoms with van der Waals surface area (Å²) in [7, 11) is 0. The highest BCUT2D eigenvalue weighted by Gasteiger charge is 2.22. The fourth-order valence-electron chi connectivity index (χ4n) is 3.19. The summed E-state index contributed by atoms with van der Waals surface area (Å²) < 4.78 is 0. The first-order valence-electron chi connectivity index (χ1n) is 8.09. The molecule has 0 atom stereocenters. The Hall–Kier alpha value is -1.93. The first-order valence-corrected chi connectivity index (χ1v) is 8.09. The van der Waals surface area contributed by atoms with Crippen molar-refractivity contribution in [1.82, 2.24) is 4.90 Å². The Labute approximate surface area is 132 Å². The van der Waals surface area contributed by atoms with Gasteiger partial charge in [-0.15, -0.1) is 0 Å². The van der Waals surface area contributed by atoms with Gasteiger partial charge in [0, 0.05) is 12.5 Å². The highest BCUT2D eigenvalue weighted by atomic mass is 16.1. The second kappa shape index (κ2) is 6.89. The van der Waals surface area contributed by atoms with Gasteiger partial charge in [-0.2, -0.15) is 0 Å². The smallest absolute Gasteiger partial charge is 0.133 e. The summed E-state index contributed by atoms with van der Waals surface area (Å²) in [4.78, 5) is 13.9. The number of rotatable bonds is 4. The number of hydrogen-bond acceptors (Lipinski definition) is 2. The van der Waals surface area contributed by atoms with Crippen molar-refractivity contribution in [3.8, 4) is 11.1 Å². The SMILES string of the molecule is CC(=O)C1CCN(Cc2ccc(-c3ccccc3)cc2)CC1. The summed E-state index contributed by atoms with van der Waals surface area (Å²) in [5.41, 5.74) is 3.87. The molecule has 2 aromatic rings. The third-order valence-corrected chi connectivity index (χ3v) is 4.63. The minimum absolute atomic E-state index is 0.289. The predicted molar refractivity (Wildman–Crippen MR) is 90.6 cm³/mol. The molecule has 1 heterocycles. The average Bonchev–Trinajstić information content (AvgIpc) is 2.57. The maximum Gasteiger partial charge on any atom is 0.133 e. The van der Waals surface area contributed by atoms with E-state index in [1.807, 2.05) is 6.07 Å². The average molecular weight is 293 g/mol. The molecule has 3 rings (SSSR count). The van der Waals surface area contributed by atoms with Crippen LogP contribution in [0.5, 0.6) is 0 Å². The first-order chi connectivity index (χ1) is 10.7. The molecule has 2 aromatic carbocycles. The summed E-state index contributed by atoms with van der Waals surface area (Å²) in [6.07, 6.45) is 2.02. The predicted octanol–water partition coefficient (Wildman–Crippen LogP) is 4.15. The van der Waals surface area contributed by atoms with Crippen LogP contribution < -0.4 is 0 Å². The Morgan fingerprint density at radius 1 is 0.955 bits per heavy atom. The Morgan fingerprint density at radius 2 is 1.55 bits per heavy atom. The minimum atomic E-state index is 0.289. The lowest BCUT2D eigenvalue weighted by Crippen LogP contribution is -2.35. The number of benzene rings is 2. The quantitative estimate of drug-likeness (QED) is 0.844. The third kappa shape index (κ3) is 3.63. The number of likely N-dealkylation sites (tertiary alicyclic amines) is 1. The fraction of sp³-hybridized carbons (Fsp3) is 0.350. The molecule has 0 radical (unpaired) electrons. The second-order valence-corrected chi connectivity index (χ2v) is 6.22. The number of piperidine rings is 1. The van der Waals surface area contributed by atoms with E-state index in [9.17, 15) is 4.79 Å². The van der Waals surface area contributed by atoms with Crippen molar-refractivity contribution in [3.05, 3.63) is 60.2 Å². The number of nitrogens with zero attached hydrogens (tertiary/aromatic N) is 1. The lowest BCUT2D eigenvalue weighted by molar-refractivity contribution is -0.122. The van der Waals surface area contributed by atoms with E-state index < -0.39 is 0 Å². The maximum atomic E-state index is 11.4. The number of carbonyl (C=O) groups is 1. The molecule has 0 spiro atoms. The van der Waals surface area contributed by atoms with E-state index >= 15 is 0 Å². The lowest BCUT2D eigenvalue weighted by atomic mass is 9.93. The van der Waals surface area contributed by atoms with Gasteiger partial charge in [-0.05, 0) is 49.5 Å². The highest BCUT2D eigenvalue weighted by Crippen LogP contribution is 2.22. The zero-order valence-electron chi connectivity index (χ0n) is 13.2. The van der Waals surface area contributed by atoms with Crippen molar-refractivity contribution in [2.75, 3.05) is 13.1 Å². The number of hydrogen-bond donors (Lipinski definition) is 0. The van der Waals surface area contributed by atoms with Crippen molar-refractivity contribution in [1.29, 1.82) is 0 Å². The summed E-state index contributed by atoms with van der Waals surface area (Å²) in [6, 6.07) is 19.3. The molecule has 114 valence electrons. The summed E-state index contributed by atoms with van der Waals surface area (Å²) in [6.45, 7) is 4.78. The molecule has 22 heavy (non-hydrogen) atoms. The minimum Gasteiger partial charge on any atom is -0.300 e. The molecule has 0 N–H and O–H groups in total. The summed E-state index contributed by atoms with van der Waals surface area (Å²) in [5.74, 6) is 0.642. The molecular formula is C20H23NO.